The summed E-state index contributed by atoms with van der Waals surface area (Å²) in [5, 5.41) is 7.86. The second kappa shape index (κ2) is 7.07. The number of amides is 4. The molecule has 2 saturated carbocycles. The summed E-state index contributed by atoms with van der Waals surface area (Å²) in [4.78, 5) is 36.9. The molecule has 1 aliphatic heterocycles. The fourth-order valence-corrected chi connectivity index (χ4v) is 4.15. The predicted molar refractivity (Wildman–Crippen MR) is 101 cm³/mol. The summed E-state index contributed by atoms with van der Waals surface area (Å²) >= 11 is 0. The van der Waals surface area contributed by atoms with E-state index in [9.17, 15) is 23.2 Å². The molecule has 1 aromatic carbocycles. The van der Waals surface area contributed by atoms with Gasteiger partial charge in [-0.05, 0) is 49.5 Å². The van der Waals surface area contributed by atoms with Crippen molar-refractivity contribution in [1.29, 1.82) is 0 Å². The lowest BCUT2D eigenvalue weighted by atomic mass is 9.90. The second-order valence-electron chi connectivity index (χ2n) is 8.61. The van der Waals surface area contributed by atoms with Gasteiger partial charge in [-0.25, -0.2) is 13.6 Å². The number of imide groups is 1. The van der Waals surface area contributed by atoms with Crippen molar-refractivity contribution in [1.82, 2.24) is 16.0 Å². The summed E-state index contributed by atoms with van der Waals surface area (Å²) in [6.45, 7) is 0.925. The van der Waals surface area contributed by atoms with E-state index < -0.39 is 17.5 Å². The van der Waals surface area contributed by atoms with E-state index in [1.54, 1.807) is 12.1 Å². The molecule has 2 aliphatic carbocycles. The van der Waals surface area contributed by atoms with Crippen LogP contribution in [0.3, 0.4) is 0 Å². The van der Waals surface area contributed by atoms with E-state index in [1.165, 1.54) is 12.1 Å². The zero-order valence-corrected chi connectivity index (χ0v) is 16.3. The minimum absolute atomic E-state index is 0.0388. The first-order valence-electron chi connectivity index (χ1n) is 10.1. The molecule has 3 N–H and O–H groups in total. The van der Waals surface area contributed by atoms with E-state index in [-0.39, 0.29) is 41.7 Å². The van der Waals surface area contributed by atoms with Crippen LogP contribution in [0.25, 0.3) is 0 Å². The molecule has 0 radical (unpaired) electrons. The Morgan fingerprint density at radius 1 is 1.21 bits per heavy atom. The monoisotopic (exact) mass is 405 g/mol. The molecular weight excluding hydrogens is 380 g/mol. The van der Waals surface area contributed by atoms with Gasteiger partial charge in [-0.2, -0.15) is 0 Å². The number of halogens is 2. The molecule has 4 rings (SSSR count). The topological polar surface area (TPSA) is 87.3 Å². The number of alkyl halides is 2. The number of nitrogens with one attached hydrogen (secondary N) is 3. The van der Waals surface area contributed by atoms with Crippen molar-refractivity contribution in [2.45, 2.75) is 50.5 Å². The van der Waals surface area contributed by atoms with Crippen LogP contribution < -0.4 is 16.0 Å². The fourth-order valence-electron chi connectivity index (χ4n) is 4.15. The van der Waals surface area contributed by atoms with Crippen LogP contribution in [0.4, 0.5) is 13.6 Å². The van der Waals surface area contributed by atoms with E-state index in [2.05, 4.69) is 16.0 Å². The highest BCUT2D eigenvalue weighted by atomic mass is 19.3. The molecule has 0 bridgehead atoms. The quantitative estimate of drug-likeness (QED) is 0.581. The Morgan fingerprint density at radius 3 is 2.34 bits per heavy atom. The van der Waals surface area contributed by atoms with E-state index in [0.29, 0.717) is 6.42 Å². The number of hydrogen-bond acceptors (Lipinski definition) is 3. The summed E-state index contributed by atoms with van der Waals surface area (Å²) in [6, 6.07) is 5.56. The lowest BCUT2D eigenvalue weighted by molar-refractivity contribution is -0.127. The van der Waals surface area contributed by atoms with Gasteiger partial charge in [0, 0.05) is 18.4 Å². The highest BCUT2D eigenvalue weighted by Gasteiger charge is 2.56. The number of carbonyl (C=O) groups is 3. The molecule has 2 unspecified atom stereocenters. The molecule has 0 spiro atoms. The van der Waals surface area contributed by atoms with Gasteiger partial charge in [0.05, 0.1) is 6.54 Å². The van der Waals surface area contributed by atoms with E-state index in [4.69, 9.17) is 0 Å². The highest BCUT2D eigenvalue weighted by molar-refractivity contribution is 6.07. The Balaban J connectivity index is 1.42. The second-order valence-corrected chi connectivity index (χ2v) is 8.61. The van der Waals surface area contributed by atoms with Crippen LogP contribution in [0.1, 0.15) is 43.7 Å². The van der Waals surface area contributed by atoms with Crippen molar-refractivity contribution >= 4 is 17.8 Å². The standard InChI is InChI=1S/C21H25F2N3O3/c1-20(22,23)14-6-2-12(3-7-14)10-16(13-4-5-13)17(27)24-11-21(15-8-9-15)18(28)25-19(29)26-21/h2-3,6-7,13,15-16H,4-5,8-11H2,1H3,(H,24,27)(H2,25,26,28,29). The lowest BCUT2D eigenvalue weighted by Crippen LogP contribution is -2.57. The van der Waals surface area contributed by atoms with E-state index >= 15 is 0 Å². The zero-order chi connectivity index (χ0) is 20.8. The lowest BCUT2D eigenvalue weighted by Gasteiger charge is -2.27. The predicted octanol–water partition coefficient (Wildman–Crippen LogP) is 2.47. The normalized spacial score (nSPS) is 25.3. The summed E-state index contributed by atoms with van der Waals surface area (Å²) in [5.41, 5.74) is -0.285. The van der Waals surface area contributed by atoms with Gasteiger partial charge in [-0.15, -0.1) is 0 Å². The van der Waals surface area contributed by atoms with Gasteiger partial charge in [0.1, 0.15) is 5.54 Å². The molecule has 1 heterocycles. The van der Waals surface area contributed by atoms with Gasteiger partial charge in [-0.1, -0.05) is 24.3 Å². The minimum Gasteiger partial charge on any atom is -0.353 e. The summed E-state index contributed by atoms with van der Waals surface area (Å²) in [6.07, 6.45) is 4.04. The number of rotatable bonds is 8. The summed E-state index contributed by atoms with van der Waals surface area (Å²) < 4.78 is 26.8. The minimum atomic E-state index is -2.89. The van der Waals surface area contributed by atoms with Crippen LogP contribution in [-0.2, 0) is 21.9 Å². The molecular formula is C21H25F2N3O3. The van der Waals surface area contributed by atoms with Crippen molar-refractivity contribution in [3.63, 3.8) is 0 Å². The Bertz CT molecular complexity index is 829. The highest BCUT2D eigenvalue weighted by Crippen LogP contribution is 2.42. The largest absolute Gasteiger partial charge is 0.353 e. The van der Waals surface area contributed by atoms with E-state index in [0.717, 1.165) is 38.2 Å². The number of urea groups is 1. The van der Waals surface area contributed by atoms with Crippen LogP contribution in [0.15, 0.2) is 24.3 Å². The maximum absolute atomic E-state index is 13.4. The van der Waals surface area contributed by atoms with Gasteiger partial charge in [0.15, 0.2) is 0 Å². The van der Waals surface area contributed by atoms with Crippen molar-refractivity contribution < 1.29 is 23.2 Å². The van der Waals surface area contributed by atoms with Crippen LogP contribution in [-0.4, -0.2) is 29.9 Å². The summed E-state index contributed by atoms with van der Waals surface area (Å²) in [5.74, 6) is -3.42. The first-order valence-corrected chi connectivity index (χ1v) is 10.1. The van der Waals surface area contributed by atoms with Crippen molar-refractivity contribution in [3.8, 4) is 0 Å². The maximum atomic E-state index is 13.4. The maximum Gasteiger partial charge on any atom is 0.322 e. The molecule has 1 aromatic rings. The van der Waals surface area contributed by atoms with Gasteiger partial charge in [0.25, 0.3) is 11.8 Å². The molecule has 29 heavy (non-hydrogen) atoms. The molecule has 3 fully saturated rings. The van der Waals surface area contributed by atoms with Crippen molar-refractivity contribution in [2.75, 3.05) is 6.54 Å². The SMILES string of the molecule is CC(F)(F)c1ccc(CC(C(=O)NCC2(C3CC3)NC(=O)NC2=O)C2CC2)cc1. The van der Waals surface area contributed by atoms with E-state index in [1.807, 2.05) is 0 Å². The molecule has 8 heteroatoms. The molecule has 2 atom stereocenters. The van der Waals surface area contributed by atoms with Crippen LogP contribution in [0.5, 0.6) is 0 Å². The number of benzene rings is 1. The molecule has 1 saturated heterocycles. The Morgan fingerprint density at radius 2 is 1.86 bits per heavy atom. The summed E-state index contributed by atoms with van der Waals surface area (Å²) in [7, 11) is 0. The molecule has 6 nitrogen and oxygen atoms in total. The fraction of sp³-hybridized carbons (Fsp3) is 0.571. The third kappa shape index (κ3) is 4.11. The van der Waals surface area contributed by atoms with Crippen molar-refractivity contribution in [3.05, 3.63) is 35.4 Å². The Hall–Kier alpha value is -2.51. The Labute approximate surface area is 167 Å². The molecule has 0 aromatic heterocycles. The third-order valence-corrected chi connectivity index (χ3v) is 6.23. The number of carbonyl (C=O) groups excluding carboxylic acids is 3. The van der Waals surface area contributed by atoms with Crippen LogP contribution in [0, 0.1) is 17.8 Å². The first kappa shape index (κ1) is 19.8. The molecule has 3 aliphatic rings. The van der Waals surface area contributed by atoms with Gasteiger partial charge in [-0.3, -0.25) is 14.9 Å². The average molecular weight is 405 g/mol. The Kier molecular flexibility index (Phi) is 4.83. The molecule has 156 valence electrons. The van der Waals surface area contributed by atoms with Crippen LogP contribution >= 0.6 is 0 Å². The molecule has 4 amide bonds. The van der Waals surface area contributed by atoms with Crippen molar-refractivity contribution in [2.24, 2.45) is 17.8 Å². The third-order valence-electron chi connectivity index (χ3n) is 6.23. The van der Waals surface area contributed by atoms with Crippen LogP contribution in [0.2, 0.25) is 0 Å². The van der Waals surface area contributed by atoms with Gasteiger partial charge < -0.3 is 10.6 Å². The van der Waals surface area contributed by atoms with Gasteiger partial charge >= 0.3 is 6.03 Å². The first-order chi connectivity index (χ1) is 13.7. The smallest absolute Gasteiger partial charge is 0.322 e. The zero-order valence-electron chi connectivity index (χ0n) is 16.3. The number of hydrogen-bond donors (Lipinski definition) is 3. The average Bonchev–Trinajstić information content (AvgIpc) is 3.55. The van der Waals surface area contributed by atoms with Gasteiger partial charge in [0.2, 0.25) is 5.91 Å².